The second kappa shape index (κ2) is 6.67. The Balaban J connectivity index is 1.47. The summed E-state index contributed by atoms with van der Waals surface area (Å²) >= 11 is 0. The molecule has 1 spiro atoms. The van der Waals surface area contributed by atoms with Crippen molar-refractivity contribution in [3.05, 3.63) is 42.1 Å². The van der Waals surface area contributed by atoms with Gasteiger partial charge in [-0.25, -0.2) is 0 Å². The highest BCUT2D eigenvalue weighted by atomic mass is 16.6. The monoisotopic (exact) mass is 328 g/mol. The summed E-state index contributed by atoms with van der Waals surface area (Å²) in [6.07, 6.45) is 2.27. The molecule has 5 heteroatoms. The zero-order valence-electron chi connectivity index (χ0n) is 14.1. The molecule has 0 N–H and O–H groups in total. The molecule has 2 fully saturated rings. The summed E-state index contributed by atoms with van der Waals surface area (Å²) in [5, 5.41) is 4.26. The van der Waals surface area contributed by atoms with Crippen molar-refractivity contribution in [3.63, 3.8) is 0 Å². The zero-order valence-corrected chi connectivity index (χ0v) is 14.1. The standard InChI is InChI=1S/C19H24N2O3/c1-2-17-12-21(13-19(23-17)8-9-22-14-19)11-16-10-18(24-20-16)15-6-4-3-5-7-15/h3-7,10,17H,2,8-9,11-14H2,1H3/t17-,19+/m0/s1. The van der Waals surface area contributed by atoms with Gasteiger partial charge in [-0.2, -0.15) is 0 Å². The third kappa shape index (κ3) is 3.24. The van der Waals surface area contributed by atoms with E-state index in [9.17, 15) is 0 Å². The fourth-order valence-electron chi connectivity index (χ4n) is 3.68. The Morgan fingerprint density at radius 2 is 2.17 bits per heavy atom. The molecular weight excluding hydrogens is 304 g/mol. The van der Waals surface area contributed by atoms with Crippen molar-refractivity contribution in [3.8, 4) is 11.3 Å². The van der Waals surface area contributed by atoms with Gasteiger partial charge < -0.3 is 14.0 Å². The first-order valence-corrected chi connectivity index (χ1v) is 8.75. The van der Waals surface area contributed by atoms with Crippen LogP contribution in [0, 0.1) is 0 Å². The van der Waals surface area contributed by atoms with Gasteiger partial charge in [0.2, 0.25) is 0 Å². The van der Waals surface area contributed by atoms with Crippen LogP contribution >= 0.6 is 0 Å². The molecule has 2 aromatic rings. The first-order chi connectivity index (χ1) is 11.8. The van der Waals surface area contributed by atoms with Crippen LogP contribution in [0.15, 0.2) is 40.9 Å². The summed E-state index contributed by atoms with van der Waals surface area (Å²) in [5.74, 6) is 0.824. The van der Waals surface area contributed by atoms with Crippen molar-refractivity contribution in [2.45, 2.75) is 38.0 Å². The van der Waals surface area contributed by atoms with E-state index in [2.05, 4.69) is 17.0 Å². The largest absolute Gasteiger partial charge is 0.378 e. The van der Waals surface area contributed by atoms with Crippen molar-refractivity contribution in [1.29, 1.82) is 0 Å². The minimum Gasteiger partial charge on any atom is -0.378 e. The molecule has 0 saturated carbocycles. The number of nitrogens with zero attached hydrogens (tertiary/aromatic N) is 2. The molecule has 2 aliphatic rings. The van der Waals surface area contributed by atoms with Crippen LogP contribution in [0.1, 0.15) is 25.5 Å². The van der Waals surface area contributed by atoms with Gasteiger partial charge in [-0.15, -0.1) is 0 Å². The molecule has 128 valence electrons. The average Bonchev–Trinajstić information content (AvgIpc) is 3.25. The SMILES string of the molecule is CC[C@H]1CN(Cc2cc(-c3ccccc3)on2)C[C@@]2(CCOC2)O1. The summed E-state index contributed by atoms with van der Waals surface area (Å²) in [5.41, 5.74) is 1.90. The first kappa shape index (κ1) is 15.8. The summed E-state index contributed by atoms with van der Waals surface area (Å²) in [6, 6.07) is 12.1. The van der Waals surface area contributed by atoms with Crippen LogP contribution in [0.4, 0.5) is 0 Å². The van der Waals surface area contributed by atoms with Gasteiger partial charge in [0.1, 0.15) is 5.60 Å². The zero-order chi connectivity index (χ0) is 16.4. The molecule has 2 saturated heterocycles. The van der Waals surface area contributed by atoms with E-state index in [0.29, 0.717) is 6.61 Å². The van der Waals surface area contributed by atoms with Crippen molar-refractivity contribution >= 4 is 0 Å². The normalized spacial score (nSPS) is 27.8. The fourth-order valence-corrected chi connectivity index (χ4v) is 3.68. The Morgan fingerprint density at radius 3 is 2.92 bits per heavy atom. The Hall–Kier alpha value is -1.69. The maximum absolute atomic E-state index is 6.32. The molecule has 2 atom stereocenters. The van der Waals surface area contributed by atoms with Gasteiger partial charge in [-0.3, -0.25) is 4.90 Å². The quantitative estimate of drug-likeness (QED) is 0.863. The molecule has 0 amide bonds. The highest BCUT2D eigenvalue weighted by Gasteiger charge is 2.43. The third-order valence-corrected chi connectivity index (χ3v) is 4.92. The minimum absolute atomic E-state index is 0.134. The van der Waals surface area contributed by atoms with Crippen LogP contribution in [-0.4, -0.2) is 48.1 Å². The molecule has 5 nitrogen and oxygen atoms in total. The van der Waals surface area contributed by atoms with Crippen LogP contribution in [-0.2, 0) is 16.0 Å². The van der Waals surface area contributed by atoms with E-state index in [0.717, 1.165) is 56.1 Å². The fraction of sp³-hybridized carbons (Fsp3) is 0.526. The summed E-state index contributed by atoms with van der Waals surface area (Å²) in [7, 11) is 0. The lowest BCUT2D eigenvalue weighted by atomic mass is 9.98. The van der Waals surface area contributed by atoms with Crippen LogP contribution < -0.4 is 0 Å². The minimum atomic E-state index is -0.134. The molecule has 0 radical (unpaired) electrons. The molecule has 24 heavy (non-hydrogen) atoms. The summed E-state index contributed by atoms with van der Waals surface area (Å²) < 4.78 is 17.5. The molecule has 2 aliphatic heterocycles. The van der Waals surface area contributed by atoms with Gasteiger partial charge >= 0.3 is 0 Å². The number of hydrogen-bond donors (Lipinski definition) is 0. The maximum Gasteiger partial charge on any atom is 0.167 e. The van der Waals surface area contributed by atoms with E-state index < -0.39 is 0 Å². The van der Waals surface area contributed by atoms with Crippen molar-refractivity contribution in [2.75, 3.05) is 26.3 Å². The smallest absolute Gasteiger partial charge is 0.167 e. The predicted octanol–water partition coefficient (Wildman–Crippen LogP) is 3.11. The van der Waals surface area contributed by atoms with E-state index in [1.54, 1.807) is 0 Å². The summed E-state index contributed by atoms with van der Waals surface area (Å²) in [6.45, 7) is 6.31. The number of hydrogen-bond acceptors (Lipinski definition) is 5. The predicted molar refractivity (Wildman–Crippen MR) is 90.5 cm³/mol. The third-order valence-electron chi connectivity index (χ3n) is 4.92. The van der Waals surface area contributed by atoms with Gasteiger partial charge in [0.05, 0.1) is 18.4 Å². The molecule has 1 aromatic heterocycles. The molecule has 3 heterocycles. The van der Waals surface area contributed by atoms with Crippen molar-refractivity contribution < 1.29 is 14.0 Å². The molecule has 0 unspecified atom stereocenters. The van der Waals surface area contributed by atoms with Gasteiger partial charge in [-0.1, -0.05) is 42.4 Å². The second-order valence-electron chi connectivity index (χ2n) is 6.85. The van der Waals surface area contributed by atoms with E-state index in [1.807, 2.05) is 36.4 Å². The number of benzene rings is 1. The molecular formula is C19H24N2O3. The van der Waals surface area contributed by atoms with E-state index in [-0.39, 0.29) is 11.7 Å². The summed E-state index contributed by atoms with van der Waals surface area (Å²) in [4.78, 5) is 2.43. The Bertz CT molecular complexity index is 664. The lowest BCUT2D eigenvalue weighted by Crippen LogP contribution is -2.55. The number of ether oxygens (including phenoxy) is 2. The molecule has 4 rings (SSSR count). The number of aromatic nitrogens is 1. The van der Waals surface area contributed by atoms with E-state index in [4.69, 9.17) is 14.0 Å². The molecule has 1 aromatic carbocycles. The van der Waals surface area contributed by atoms with Crippen LogP contribution in [0.3, 0.4) is 0 Å². The first-order valence-electron chi connectivity index (χ1n) is 8.75. The van der Waals surface area contributed by atoms with Gasteiger partial charge in [0, 0.05) is 44.3 Å². The van der Waals surface area contributed by atoms with E-state index in [1.165, 1.54) is 0 Å². The number of morpholine rings is 1. The molecule has 0 aliphatic carbocycles. The van der Waals surface area contributed by atoms with Crippen molar-refractivity contribution in [2.24, 2.45) is 0 Å². The van der Waals surface area contributed by atoms with E-state index >= 15 is 0 Å². The van der Waals surface area contributed by atoms with Crippen LogP contribution in [0.2, 0.25) is 0 Å². The topological polar surface area (TPSA) is 47.7 Å². The molecule has 0 bridgehead atoms. The highest BCUT2D eigenvalue weighted by Crippen LogP contribution is 2.32. The average molecular weight is 328 g/mol. The second-order valence-corrected chi connectivity index (χ2v) is 6.85. The lowest BCUT2D eigenvalue weighted by molar-refractivity contribution is -0.156. The van der Waals surface area contributed by atoms with Crippen LogP contribution in [0.5, 0.6) is 0 Å². The van der Waals surface area contributed by atoms with Gasteiger partial charge in [-0.05, 0) is 6.42 Å². The lowest BCUT2D eigenvalue weighted by Gasteiger charge is -2.43. The van der Waals surface area contributed by atoms with Crippen molar-refractivity contribution in [1.82, 2.24) is 10.1 Å². The number of rotatable bonds is 4. The Labute approximate surface area is 142 Å². The van der Waals surface area contributed by atoms with Crippen LogP contribution in [0.25, 0.3) is 11.3 Å². The van der Waals surface area contributed by atoms with Gasteiger partial charge in [0.15, 0.2) is 5.76 Å². The highest BCUT2D eigenvalue weighted by molar-refractivity contribution is 5.56. The maximum atomic E-state index is 6.32. The Morgan fingerprint density at radius 1 is 1.29 bits per heavy atom. The van der Waals surface area contributed by atoms with Gasteiger partial charge in [0.25, 0.3) is 0 Å². The Kier molecular flexibility index (Phi) is 4.39.